The first kappa shape index (κ1) is 17.1. The normalized spacial score (nSPS) is 19.8. The molecule has 1 N–H and O–H groups in total. The molecule has 1 saturated heterocycles. The van der Waals surface area contributed by atoms with E-state index in [1.54, 1.807) is 0 Å². The van der Waals surface area contributed by atoms with Crippen LogP contribution in [-0.2, 0) is 13.0 Å². The molecule has 0 bridgehead atoms. The zero-order chi connectivity index (χ0) is 19.1. The van der Waals surface area contributed by atoms with Gasteiger partial charge in [-0.3, -0.25) is 9.89 Å². The summed E-state index contributed by atoms with van der Waals surface area (Å²) in [7, 11) is 2.06. The number of aromatic nitrogens is 4. The summed E-state index contributed by atoms with van der Waals surface area (Å²) in [5.41, 5.74) is 3.51. The van der Waals surface area contributed by atoms with E-state index in [2.05, 4.69) is 32.3 Å². The van der Waals surface area contributed by atoms with Gasteiger partial charge < -0.3 is 14.3 Å². The van der Waals surface area contributed by atoms with Crippen LogP contribution in [0.4, 0.5) is 0 Å². The number of likely N-dealkylation sites (N-methyl/N-ethyl adjacent to an activating group) is 1. The third kappa shape index (κ3) is 2.90. The van der Waals surface area contributed by atoms with E-state index in [4.69, 9.17) is 4.52 Å². The second-order valence-electron chi connectivity index (χ2n) is 7.50. The number of rotatable bonds is 3. The van der Waals surface area contributed by atoms with Crippen molar-refractivity contribution in [3.05, 3.63) is 53.2 Å². The van der Waals surface area contributed by atoms with Gasteiger partial charge >= 0.3 is 0 Å². The Kier molecular flexibility index (Phi) is 4.20. The summed E-state index contributed by atoms with van der Waals surface area (Å²) in [5, 5.41) is 11.5. The number of benzene rings is 1. The average Bonchev–Trinajstić information content (AvgIpc) is 3.46. The number of likely N-dealkylation sites (tertiary alicyclic amines) is 1. The lowest BCUT2D eigenvalue weighted by molar-refractivity contribution is 0.0701. The molecule has 0 spiro atoms. The van der Waals surface area contributed by atoms with Gasteiger partial charge in [0.25, 0.3) is 5.91 Å². The topological polar surface area (TPSA) is 91.2 Å². The van der Waals surface area contributed by atoms with Crippen LogP contribution < -0.4 is 0 Å². The highest BCUT2D eigenvalue weighted by Crippen LogP contribution is 2.34. The van der Waals surface area contributed by atoms with Crippen molar-refractivity contribution >= 4 is 5.91 Å². The van der Waals surface area contributed by atoms with Crippen LogP contribution in [0.5, 0.6) is 0 Å². The van der Waals surface area contributed by atoms with Crippen molar-refractivity contribution in [1.82, 2.24) is 30.1 Å². The highest BCUT2D eigenvalue weighted by molar-refractivity contribution is 5.94. The maximum atomic E-state index is 13.3. The zero-order valence-corrected chi connectivity index (χ0v) is 15.8. The number of fused-ring (bicyclic) bond motifs is 1. The maximum Gasteiger partial charge on any atom is 0.275 e. The van der Waals surface area contributed by atoms with Crippen LogP contribution in [0, 0.1) is 0 Å². The highest BCUT2D eigenvalue weighted by atomic mass is 16.5. The average molecular weight is 378 g/mol. The van der Waals surface area contributed by atoms with Crippen molar-refractivity contribution in [1.29, 1.82) is 0 Å². The minimum atomic E-state index is -0.203. The SMILES string of the molecule is CN1CCc2[nH]nc(C(=O)N3CCC[C@H]3c3nc(-c4ccccc4)no3)c2C1. The fourth-order valence-electron chi connectivity index (χ4n) is 4.08. The van der Waals surface area contributed by atoms with Gasteiger partial charge in [0.05, 0.1) is 0 Å². The van der Waals surface area contributed by atoms with E-state index < -0.39 is 0 Å². The van der Waals surface area contributed by atoms with Gasteiger partial charge in [-0.05, 0) is 19.9 Å². The van der Waals surface area contributed by atoms with Crippen LogP contribution in [-0.4, -0.2) is 56.2 Å². The fraction of sp³-hybridized carbons (Fsp3) is 0.400. The van der Waals surface area contributed by atoms with Crippen LogP contribution in [0.1, 0.15) is 46.5 Å². The summed E-state index contributed by atoms with van der Waals surface area (Å²) >= 11 is 0. The third-order valence-corrected chi connectivity index (χ3v) is 5.60. The number of H-pyrrole nitrogens is 1. The lowest BCUT2D eigenvalue weighted by atomic mass is 10.1. The lowest BCUT2D eigenvalue weighted by Gasteiger charge is -2.24. The van der Waals surface area contributed by atoms with Crippen molar-refractivity contribution in [2.24, 2.45) is 0 Å². The minimum Gasteiger partial charge on any atom is -0.337 e. The van der Waals surface area contributed by atoms with Gasteiger partial charge in [0.2, 0.25) is 11.7 Å². The molecular formula is C20H22N6O2. The number of carbonyl (C=O) groups excluding carboxylic acids is 1. The summed E-state index contributed by atoms with van der Waals surface area (Å²) in [6.45, 7) is 2.38. The predicted molar refractivity (Wildman–Crippen MR) is 101 cm³/mol. The molecule has 1 atom stereocenters. The van der Waals surface area contributed by atoms with Gasteiger partial charge in [0, 0.05) is 42.9 Å². The number of hydrogen-bond acceptors (Lipinski definition) is 6. The number of nitrogens with zero attached hydrogens (tertiary/aromatic N) is 5. The summed E-state index contributed by atoms with van der Waals surface area (Å²) in [5.74, 6) is 0.981. The lowest BCUT2D eigenvalue weighted by Crippen LogP contribution is -2.33. The van der Waals surface area contributed by atoms with Crippen LogP contribution in [0.3, 0.4) is 0 Å². The Balaban J connectivity index is 1.41. The summed E-state index contributed by atoms with van der Waals surface area (Å²) < 4.78 is 5.54. The Morgan fingerprint density at radius 3 is 2.96 bits per heavy atom. The smallest absolute Gasteiger partial charge is 0.275 e. The Morgan fingerprint density at radius 2 is 2.11 bits per heavy atom. The molecule has 1 aromatic carbocycles. The van der Waals surface area contributed by atoms with Crippen LogP contribution in [0.15, 0.2) is 34.9 Å². The molecule has 1 amide bonds. The monoisotopic (exact) mass is 378 g/mol. The largest absolute Gasteiger partial charge is 0.337 e. The Bertz CT molecular complexity index is 995. The zero-order valence-electron chi connectivity index (χ0n) is 15.8. The molecule has 8 nitrogen and oxygen atoms in total. The Labute approximate surface area is 162 Å². The number of aromatic amines is 1. The minimum absolute atomic E-state index is 0.0604. The number of carbonyl (C=O) groups is 1. The van der Waals surface area contributed by atoms with E-state index in [-0.39, 0.29) is 11.9 Å². The first-order chi connectivity index (χ1) is 13.7. The molecular weight excluding hydrogens is 356 g/mol. The van der Waals surface area contributed by atoms with Crippen molar-refractivity contribution in [2.45, 2.75) is 31.8 Å². The molecule has 28 heavy (non-hydrogen) atoms. The molecule has 0 unspecified atom stereocenters. The molecule has 4 heterocycles. The van der Waals surface area contributed by atoms with Gasteiger partial charge in [0.15, 0.2) is 5.69 Å². The van der Waals surface area contributed by atoms with Crippen LogP contribution in [0.25, 0.3) is 11.4 Å². The van der Waals surface area contributed by atoms with Crippen molar-refractivity contribution in [3.8, 4) is 11.4 Å². The molecule has 3 aromatic rings. The van der Waals surface area contributed by atoms with Crippen molar-refractivity contribution < 1.29 is 9.32 Å². The summed E-state index contributed by atoms with van der Waals surface area (Å²) in [4.78, 5) is 21.9. The number of amides is 1. The first-order valence-corrected chi connectivity index (χ1v) is 9.65. The molecule has 0 radical (unpaired) electrons. The van der Waals surface area contributed by atoms with Crippen LogP contribution >= 0.6 is 0 Å². The first-order valence-electron chi connectivity index (χ1n) is 9.65. The highest BCUT2D eigenvalue weighted by Gasteiger charge is 2.37. The third-order valence-electron chi connectivity index (χ3n) is 5.60. The molecule has 2 aliphatic heterocycles. The molecule has 8 heteroatoms. The van der Waals surface area contributed by atoms with Gasteiger partial charge in [0.1, 0.15) is 6.04 Å². The standard InChI is InChI=1S/C20H22N6O2/c1-25-11-9-15-14(12-25)17(23-22-15)20(27)26-10-5-8-16(26)19-21-18(24-28-19)13-6-3-2-4-7-13/h2-4,6-7,16H,5,8-12H2,1H3,(H,22,23)/t16-/m0/s1. The quantitative estimate of drug-likeness (QED) is 0.753. The molecule has 2 aromatic heterocycles. The van der Waals surface area contributed by atoms with E-state index in [1.807, 2.05) is 35.2 Å². The molecule has 0 aliphatic carbocycles. The molecule has 5 rings (SSSR count). The van der Waals surface area contributed by atoms with E-state index >= 15 is 0 Å². The fourth-order valence-corrected chi connectivity index (χ4v) is 4.08. The van der Waals surface area contributed by atoms with Gasteiger partial charge in [-0.15, -0.1) is 0 Å². The number of hydrogen-bond donors (Lipinski definition) is 1. The maximum absolute atomic E-state index is 13.3. The number of nitrogens with one attached hydrogen (secondary N) is 1. The molecule has 0 saturated carbocycles. The van der Waals surface area contributed by atoms with E-state index in [0.717, 1.165) is 49.2 Å². The van der Waals surface area contributed by atoms with E-state index in [1.165, 1.54) is 0 Å². The molecule has 144 valence electrons. The van der Waals surface area contributed by atoms with Gasteiger partial charge in [-0.1, -0.05) is 35.5 Å². The molecule has 2 aliphatic rings. The van der Waals surface area contributed by atoms with E-state index in [0.29, 0.717) is 24.0 Å². The second kappa shape index (κ2) is 6.87. The van der Waals surface area contributed by atoms with E-state index in [9.17, 15) is 4.79 Å². The predicted octanol–water partition coefficient (Wildman–Crippen LogP) is 2.42. The summed E-state index contributed by atoms with van der Waals surface area (Å²) in [6, 6.07) is 9.51. The Morgan fingerprint density at radius 1 is 1.25 bits per heavy atom. The second-order valence-corrected chi connectivity index (χ2v) is 7.50. The van der Waals surface area contributed by atoms with Crippen molar-refractivity contribution in [2.75, 3.05) is 20.1 Å². The van der Waals surface area contributed by atoms with Gasteiger partial charge in [-0.25, -0.2) is 0 Å². The van der Waals surface area contributed by atoms with Crippen molar-refractivity contribution in [3.63, 3.8) is 0 Å². The van der Waals surface area contributed by atoms with Crippen LogP contribution in [0.2, 0.25) is 0 Å². The molecule has 1 fully saturated rings. The Hall–Kier alpha value is -3.00. The summed E-state index contributed by atoms with van der Waals surface area (Å²) in [6.07, 6.45) is 2.61. The van der Waals surface area contributed by atoms with Gasteiger partial charge in [-0.2, -0.15) is 10.1 Å².